The average molecular weight is 345 g/mol. The first-order chi connectivity index (χ1) is 11.1. The SMILES string of the molecule is CCn1c(O)c(C=C2C=NN=C2c2ccc(OC)cc2)sc1=S. The first-order valence-corrected chi connectivity index (χ1v) is 8.26. The number of allylic oxidation sites excluding steroid dienone is 1. The molecule has 0 radical (unpaired) electrons. The van der Waals surface area contributed by atoms with Gasteiger partial charge in [-0.15, -0.1) is 16.4 Å². The van der Waals surface area contributed by atoms with E-state index in [1.54, 1.807) is 17.9 Å². The van der Waals surface area contributed by atoms with Crippen molar-refractivity contribution in [2.24, 2.45) is 10.2 Å². The van der Waals surface area contributed by atoms with Gasteiger partial charge < -0.3 is 9.84 Å². The lowest BCUT2D eigenvalue weighted by atomic mass is 10.0. The van der Waals surface area contributed by atoms with Gasteiger partial charge in [0.25, 0.3) is 0 Å². The van der Waals surface area contributed by atoms with Gasteiger partial charge in [0, 0.05) is 17.7 Å². The van der Waals surface area contributed by atoms with E-state index in [0.29, 0.717) is 15.4 Å². The summed E-state index contributed by atoms with van der Waals surface area (Å²) in [4.78, 5) is 0.710. The van der Waals surface area contributed by atoms with Gasteiger partial charge in [-0.3, -0.25) is 4.57 Å². The molecule has 0 bridgehead atoms. The van der Waals surface area contributed by atoms with Crippen LogP contribution in [0.4, 0.5) is 0 Å². The smallest absolute Gasteiger partial charge is 0.210 e. The molecule has 1 aliphatic heterocycles. The molecule has 0 spiro atoms. The van der Waals surface area contributed by atoms with Crippen LogP contribution in [0.5, 0.6) is 11.6 Å². The number of aromatic hydroxyl groups is 1. The van der Waals surface area contributed by atoms with E-state index in [2.05, 4.69) is 10.2 Å². The highest BCUT2D eigenvalue weighted by molar-refractivity contribution is 7.73. The van der Waals surface area contributed by atoms with Gasteiger partial charge >= 0.3 is 0 Å². The van der Waals surface area contributed by atoms with E-state index in [0.717, 1.165) is 22.6 Å². The molecule has 0 atom stereocenters. The van der Waals surface area contributed by atoms with Crippen LogP contribution in [0, 0.1) is 3.95 Å². The normalized spacial score (nSPS) is 15.2. The topological polar surface area (TPSA) is 59.1 Å². The first-order valence-electron chi connectivity index (χ1n) is 7.04. The second-order valence-electron chi connectivity index (χ2n) is 4.82. The van der Waals surface area contributed by atoms with Crippen molar-refractivity contribution in [3.05, 3.63) is 44.2 Å². The molecule has 1 aromatic carbocycles. The maximum atomic E-state index is 10.3. The number of benzene rings is 1. The zero-order valence-electron chi connectivity index (χ0n) is 12.7. The molecule has 2 aromatic rings. The zero-order valence-corrected chi connectivity index (χ0v) is 14.3. The Hall–Kier alpha value is -2.25. The van der Waals surface area contributed by atoms with E-state index in [-0.39, 0.29) is 5.88 Å². The molecular weight excluding hydrogens is 330 g/mol. The third kappa shape index (κ3) is 2.97. The minimum atomic E-state index is 0.185. The molecule has 3 rings (SSSR count). The number of hydrogen-bond donors (Lipinski definition) is 1. The fraction of sp³-hybridized carbons (Fsp3) is 0.188. The van der Waals surface area contributed by atoms with Gasteiger partial charge in [-0.2, -0.15) is 5.10 Å². The molecule has 0 saturated carbocycles. The Balaban J connectivity index is 1.97. The summed E-state index contributed by atoms with van der Waals surface area (Å²) < 4.78 is 7.51. The number of thiazole rings is 1. The van der Waals surface area contributed by atoms with Crippen LogP contribution in [-0.4, -0.2) is 28.7 Å². The molecule has 23 heavy (non-hydrogen) atoms. The first kappa shape index (κ1) is 15.6. The van der Waals surface area contributed by atoms with E-state index < -0.39 is 0 Å². The molecule has 1 aromatic heterocycles. The van der Waals surface area contributed by atoms with Crippen molar-refractivity contribution in [3.8, 4) is 11.6 Å². The second-order valence-corrected chi connectivity index (χ2v) is 6.50. The molecule has 5 nitrogen and oxygen atoms in total. The van der Waals surface area contributed by atoms with Crippen molar-refractivity contribution >= 4 is 41.6 Å². The summed E-state index contributed by atoms with van der Waals surface area (Å²) in [7, 11) is 1.63. The molecule has 7 heteroatoms. The van der Waals surface area contributed by atoms with Crippen molar-refractivity contribution in [2.75, 3.05) is 7.11 Å². The van der Waals surface area contributed by atoms with Gasteiger partial charge in [0.05, 0.1) is 18.2 Å². The van der Waals surface area contributed by atoms with Crippen LogP contribution in [-0.2, 0) is 6.54 Å². The maximum absolute atomic E-state index is 10.3. The largest absolute Gasteiger partial charge is 0.497 e. The standard InChI is InChI=1S/C16H15N3O2S2/c1-3-19-15(20)13(23-16(19)22)8-11-9-17-18-14(11)10-4-6-12(21-2)7-5-10/h4-9,20H,3H2,1-2H3. The predicted molar refractivity (Wildman–Crippen MR) is 96.5 cm³/mol. The highest BCUT2D eigenvalue weighted by Gasteiger charge is 2.16. The van der Waals surface area contributed by atoms with Crippen LogP contribution in [0.2, 0.25) is 0 Å². The molecule has 0 saturated heterocycles. The summed E-state index contributed by atoms with van der Waals surface area (Å²) in [5.74, 6) is 0.971. The van der Waals surface area contributed by atoms with Crippen molar-refractivity contribution < 1.29 is 9.84 Å². The predicted octanol–water partition coefficient (Wildman–Crippen LogP) is 3.89. The molecule has 1 N–H and O–H groups in total. The van der Waals surface area contributed by atoms with Gasteiger partial charge in [-0.25, -0.2) is 0 Å². The van der Waals surface area contributed by atoms with Crippen LogP contribution < -0.4 is 4.74 Å². The summed E-state index contributed by atoms with van der Waals surface area (Å²) in [5.41, 5.74) is 2.53. The number of methoxy groups -OCH3 is 1. The number of nitrogens with zero attached hydrogens (tertiary/aromatic N) is 3. The minimum Gasteiger partial charge on any atom is -0.497 e. The second kappa shape index (κ2) is 6.47. The molecule has 118 valence electrons. The molecular formula is C16H15N3O2S2. The Bertz CT molecular complexity index is 874. The fourth-order valence-electron chi connectivity index (χ4n) is 2.27. The molecule has 1 aliphatic rings. The Kier molecular flexibility index (Phi) is 4.40. The number of rotatable bonds is 4. The van der Waals surface area contributed by atoms with E-state index in [4.69, 9.17) is 17.0 Å². The van der Waals surface area contributed by atoms with E-state index in [1.807, 2.05) is 37.3 Å². The van der Waals surface area contributed by atoms with Crippen molar-refractivity contribution in [2.45, 2.75) is 13.5 Å². The van der Waals surface area contributed by atoms with Crippen LogP contribution >= 0.6 is 23.6 Å². The van der Waals surface area contributed by atoms with Crippen LogP contribution in [0.15, 0.2) is 40.0 Å². The van der Waals surface area contributed by atoms with Gasteiger partial charge in [0.1, 0.15) is 11.5 Å². The lowest BCUT2D eigenvalue weighted by Crippen LogP contribution is -2.02. The van der Waals surface area contributed by atoms with Crippen LogP contribution in [0.25, 0.3) is 6.08 Å². The Morgan fingerprint density at radius 1 is 1.35 bits per heavy atom. The highest BCUT2D eigenvalue weighted by atomic mass is 32.1. The Labute approximate surface area is 142 Å². The van der Waals surface area contributed by atoms with Gasteiger partial charge in [-0.05, 0) is 49.5 Å². The van der Waals surface area contributed by atoms with Crippen molar-refractivity contribution in [3.63, 3.8) is 0 Å². The quantitative estimate of drug-likeness (QED) is 0.855. The van der Waals surface area contributed by atoms with Gasteiger partial charge in [0.15, 0.2) is 3.95 Å². The van der Waals surface area contributed by atoms with Crippen molar-refractivity contribution in [1.82, 2.24) is 4.57 Å². The third-order valence-electron chi connectivity index (χ3n) is 3.49. The van der Waals surface area contributed by atoms with Crippen LogP contribution in [0.3, 0.4) is 0 Å². The summed E-state index contributed by atoms with van der Waals surface area (Å²) in [5, 5.41) is 18.4. The van der Waals surface area contributed by atoms with Gasteiger partial charge in [-0.1, -0.05) is 0 Å². The number of hydrogen-bond acceptors (Lipinski definition) is 6. The monoisotopic (exact) mass is 345 g/mol. The Morgan fingerprint density at radius 2 is 2.09 bits per heavy atom. The number of aromatic nitrogens is 1. The molecule has 0 fully saturated rings. The van der Waals surface area contributed by atoms with Crippen LogP contribution in [0.1, 0.15) is 17.4 Å². The fourth-order valence-corrected chi connectivity index (χ4v) is 3.66. The average Bonchev–Trinajstić information content (AvgIpc) is 3.13. The third-order valence-corrected chi connectivity index (χ3v) is 4.87. The zero-order chi connectivity index (χ0) is 16.4. The molecule has 0 unspecified atom stereocenters. The van der Waals surface area contributed by atoms with E-state index in [9.17, 15) is 5.11 Å². The van der Waals surface area contributed by atoms with Crippen molar-refractivity contribution in [1.29, 1.82) is 0 Å². The minimum absolute atomic E-state index is 0.185. The summed E-state index contributed by atoms with van der Waals surface area (Å²) >= 11 is 6.64. The van der Waals surface area contributed by atoms with E-state index >= 15 is 0 Å². The Morgan fingerprint density at radius 3 is 2.70 bits per heavy atom. The maximum Gasteiger partial charge on any atom is 0.210 e. The summed E-state index contributed by atoms with van der Waals surface area (Å²) in [6, 6.07) is 7.62. The van der Waals surface area contributed by atoms with Gasteiger partial charge in [0.2, 0.25) is 5.88 Å². The highest BCUT2D eigenvalue weighted by Crippen LogP contribution is 2.29. The molecule has 0 aliphatic carbocycles. The lowest BCUT2D eigenvalue weighted by molar-refractivity contribution is 0.415. The number of ether oxygens (including phenoxy) is 1. The van der Waals surface area contributed by atoms with E-state index in [1.165, 1.54) is 11.3 Å². The molecule has 0 amide bonds. The summed E-state index contributed by atoms with van der Waals surface area (Å²) in [6.07, 6.45) is 3.54. The lowest BCUT2D eigenvalue weighted by Gasteiger charge is -2.04. The molecule has 2 heterocycles. The summed E-state index contributed by atoms with van der Waals surface area (Å²) in [6.45, 7) is 2.58.